The topological polar surface area (TPSA) is 136 Å². The van der Waals surface area contributed by atoms with Crippen LogP contribution in [0.25, 0.3) is 0 Å². The monoisotopic (exact) mass is 537 g/mol. The molecule has 1 saturated carbocycles. The fourth-order valence-electron chi connectivity index (χ4n) is 5.68. The van der Waals surface area contributed by atoms with E-state index in [1.54, 1.807) is 18.2 Å². The third-order valence-electron chi connectivity index (χ3n) is 7.27. The Morgan fingerprint density at radius 3 is 2.35 bits per heavy atom. The largest absolute Gasteiger partial charge is 0.480 e. The predicted molar refractivity (Wildman–Crippen MR) is 131 cm³/mol. The summed E-state index contributed by atoms with van der Waals surface area (Å²) < 4.78 is 28.0. The van der Waals surface area contributed by atoms with Crippen LogP contribution < -0.4 is 10.0 Å². The zero-order chi connectivity index (χ0) is 22.9. The summed E-state index contributed by atoms with van der Waals surface area (Å²) in [5.41, 5.74) is 0. The molecule has 3 aliphatic rings. The summed E-state index contributed by atoms with van der Waals surface area (Å²) in [6.07, 6.45) is 3.71. The van der Waals surface area contributed by atoms with Crippen molar-refractivity contribution in [3.8, 4) is 0 Å². The maximum absolute atomic E-state index is 12.7. The summed E-state index contributed by atoms with van der Waals surface area (Å²) in [5, 5.41) is 22.2. The average Bonchev–Trinajstić information content (AvgIpc) is 3.15. The van der Waals surface area contributed by atoms with E-state index in [0.717, 1.165) is 25.8 Å². The van der Waals surface area contributed by atoms with Crippen molar-refractivity contribution < 1.29 is 28.2 Å². The Hall–Kier alpha value is -1.43. The normalized spacial score (nSPS) is 31.5. The van der Waals surface area contributed by atoms with Gasteiger partial charge in [-0.15, -0.1) is 24.8 Å². The number of carbonyl (C=O) groups is 2. The number of likely N-dealkylation sites (tertiary alicyclic amines) is 1. The van der Waals surface area contributed by atoms with E-state index in [1.807, 2.05) is 4.90 Å². The maximum Gasteiger partial charge on any atom is 0.320 e. The van der Waals surface area contributed by atoms with E-state index in [1.165, 1.54) is 12.1 Å². The van der Waals surface area contributed by atoms with E-state index in [-0.39, 0.29) is 42.0 Å². The lowest BCUT2D eigenvalue weighted by molar-refractivity contribution is -0.143. The first-order chi connectivity index (χ1) is 15.2. The molecule has 0 amide bonds. The van der Waals surface area contributed by atoms with Crippen molar-refractivity contribution in [2.45, 2.75) is 55.1 Å². The number of halogens is 2. The fraction of sp³-hybridized carbons (Fsp3) is 0.636. The van der Waals surface area contributed by atoms with Gasteiger partial charge in [0, 0.05) is 19.1 Å². The number of aliphatic carboxylic acids is 2. The molecule has 34 heavy (non-hydrogen) atoms. The first-order valence-electron chi connectivity index (χ1n) is 11.2. The Morgan fingerprint density at radius 2 is 1.71 bits per heavy atom. The molecule has 2 saturated heterocycles. The quantitative estimate of drug-likeness (QED) is 0.413. The van der Waals surface area contributed by atoms with Gasteiger partial charge in [-0.25, -0.2) is 13.1 Å². The number of rotatable bonds is 7. The zero-order valence-electron chi connectivity index (χ0n) is 18.7. The Balaban J connectivity index is 0.00000204. The number of carboxylic acid groups (broad SMARTS) is 2. The second-order valence-corrected chi connectivity index (χ2v) is 11.1. The van der Waals surface area contributed by atoms with E-state index >= 15 is 0 Å². The first kappa shape index (κ1) is 28.8. The van der Waals surface area contributed by atoms with Gasteiger partial charge in [-0.3, -0.25) is 14.5 Å². The van der Waals surface area contributed by atoms with E-state index in [9.17, 15) is 28.2 Å². The fourth-order valence-corrected chi connectivity index (χ4v) is 6.94. The number of nitrogens with zero attached hydrogens (tertiary/aromatic N) is 1. The molecular formula is C22H33Cl2N3O6S. The summed E-state index contributed by atoms with van der Waals surface area (Å²) in [7, 11) is -3.71. The minimum atomic E-state index is -3.71. The minimum absolute atomic E-state index is 0. The highest BCUT2D eigenvalue weighted by atomic mass is 35.5. The average molecular weight is 538 g/mol. The number of nitrogens with one attached hydrogen (secondary N) is 2. The van der Waals surface area contributed by atoms with Gasteiger partial charge in [0.25, 0.3) is 0 Å². The van der Waals surface area contributed by atoms with Crippen LogP contribution in [0.1, 0.15) is 32.1 Å². The molecule has 1 aromatic rings. The molecule has 2 heterocycles. The Labute approximate surface area is 212 Å². The second kappa shape index (κ2) is 12.0. The molecule has 0 spiro atoms. The van der Waals surface area contributed by atoms with Crippen molar-refractivity contribution in [3.63, 3.8) is 0 Å². The lowest BCUT2D eigenvalue weighted by Gasteiger charge is -2.42. The molecule has 9 nitrogen and oxygen atoms in total. The number of sulfonamides is 1. The highest BCUT2D eigenvalue weighted by Crippen LogP contribution is 2.39. The molecule has 4 N–H and O–H groups in total. The van der Waals surface area contributed by atoms with Gasteiger partial charge >= 0.3 is 11.9 Å². The summed E-state index contributed by atoms with van der Waals surface area (Å²) in [5.74, 6) is -0.664. The molecule has 0 bridgehead atoms. The molecule has 2 aliphatic heterocycles. The number of hydrogen-bond acceptors (Lipinski definition) is 6. The standard InChI is InChI=1S/C22H31N3O6S.2ClH/c26-21(27)19-9-16-8-14(6-7-15(16)11-23-19)12-25-13-17(10-20(25)22(28)29)24-32(30,31)18-4-2-1-3-5-18;;/h1-5,14-17,19-20,23-24H,6-13H2,(H,26,27)(H,28,29);2*1H/t14-,15-,16+,17-,19-,20-;;/m0../s1. The molecule has 0 radical (unpaired) electrons. The number of fused-ring (bicyclic) bond motifs is 1. The van der Waals surface area contributed by atoms with Crippen LogP contribution in [0.3, 0.4) is 0 Å². The molecule has 6 atom stereocenters. The SMILES string of the molecule is Cl.Cl.O=C(O)[C@@H]1C[C@H]2C[C@@H](CN3C[C@@H](NS(=O)(=O)c4ccccc4)C[C@H]3C(=O)O)CC[C@H]2CN1. The van der Waals surface area contributed by atoms with Crippen LogP contribution >= 0.6 is 24.8 Å². The van der Waals surface area contributed by atoms with Crippen LogP contribution in [0.2, 0.25) is 0 Å². The second-order valence-electron chi connectivity index (χ2n) is 9.41. The summed E-state index contributed by atoms with van der Waals surface area (Å²) >= 11 is 0. The van der Waals surface area contributed by atoms with Crippen molar-refractivity contribution >= 4 is 46.8 Å². The third kappa shape index (κ3) is 6.61. The van der Waals surface area contributed by atoms with Crippen molar-refractivity contribution in [1.82, 2.24) is 14.9 Å². The van der Waals surface area contributed by atoms with Gasteiger partial charge in [0.2, 0.25) is 10.0 Å². The molecule has 0 aromatic heterocycles. The number of hydrogen-bond donors (Lipinski definition) is 4. The third-order valence-corrected chi connectivity index (χ3v) is 8.80. The van der Waals surface area contributed by atoms with Crippen LogP contribution in [0.15, 0.2) is 35.2 Å². The van der Waals surface area contributed by atoms with Gasteiger partial charge in [0.1, 0.15) is 12.1 Å². The van der Waals surface area contributed by atoms with Gasteiger partial charge in [-0.2, -0.15) is 0 Å². The van der Waals surface area contributed by atoms with Crippen LogP contribution in [0.4, 0.5) is 0 Å². The highest BCUT2D eigenvalue weighted by molar-refractivity contribution is 7.89. The maximum atomic E-state index is 12.7. The van der Waals surface area contributed by atoms with Crippen LogP contribution in [0, 0.1) is 17.8 Å². The lowest BCUT2D eigenvalue weighted by Crippen LogP contribution is -2.50. The smallest absolute Gasteiger partial charge is 0.320 e. The molecule has 0 unspecified atom stereocenters. The number of carboxylic acids is 2. The Morgan fingerprint density at radius 1 is 1.00 bits per heavy atom. The van der Waals surface area contributed by atoms with Crippen LogP contribution in [-0.4, -0.2) is 73.2 Å². The van der Waals surface area contributed by atoms with Crippen molar-refractivity contribution in [1.29, 1.82) is 0 Å². The first-order valence-corrected chi connectivity index (χ1v) is 12.7. The van der Waals surface area contributed by atoms with Gasteiger partial charge < -0.3 is 15.5 Å². The molecule has 1 aliphatic carbocycles. The van der Waals surface area contributed by atoms with E-state index in [4.69, 9.17) is 0 Å². The highest BCUT2D eigenvalue weighted by Gasteiger charge is 2.42. The Kier molecular flexibility index (Phi) is 10.2. The lowest BCUT2D eigenvalue weighted by atomic mass is 9.69. The summed E-state index contributed by atoms with van der Waals surface area (Å²) in [6, 6.07) is 6.39. The van der Waals surface area contributed by atoms with E-state index < -0.39 is 40.1 Å². The molecule has 1 aromatic carbocycles. The van der Waals surface area contributed by atoms with Crippen molar-refractivity contribution in [2.24, 2.45) is 17.8 Å². The van der Waals surface area contributed by atoms with Gasteiger partial charge in [-0.1, -0.05) is 18.2 Å². The van der Waals surface area contributed by atoms with E-state index in [0.29, 0.717) is 31.3 Å². The van der Waals surface area contributed by atoms with Gasteiger partial charge in [-0.05, 0) is 68.5 Å². The van der Waals surface area contributed by atoms with Crippen LogP contribution in [0.5, 0.6) is 0 Å². The zero-order valence-corrected chi connectivity index (χ0v) is 21.2. The van der Waals surface area contributed by atoms with Gasteiger partial charge in [0.15, 0.2) is 0 Å². The van der Waals surface area contributed by atoms with Gasteiger partial charge in [0.05, 0.1) is 4.90 Å². The molecule has 192 valence electrons. The molecule has 4 rings (SSSR count). The Bertz CT molecular complexity index is 951. The number of piperidine rings is 1. The molecule has 12 heteroatoms. The van der Waals surface area contributed by atoms with E-state index in [2.05, 4.69) is 10.0 Å². The molecule has 3 fully saturated rings. The van der Waals surface area contributed by atoms with Crippen molar-refractivity contribution in [3.05, 3.63) is 30.3 Å². The minimum Gasteiger partial charge on any atom is -0.480 e. The van der Waals surface area contributed by atoms with Crippen LogP contribution in [-0.2, 0) is 19.6 Å². The summed E-state index contributed by atoms with van der Waals surface area (Å²) in [4.78, 5) is 25.3. The van der Waals surface area contributed by atoms with Crippen molar-refractivity contribution in [2.75, 3.05) is 19.6 Å². The molecular weight excluding hydrogens is 505 g/mol. The summed E-state index contributed by atoms with van der Waals surface area (Å²) in [6.45, 7) is 1.67. The number of benzene rings is 1. The predicted octanol–water partition coefficient (Wildman–Crippen LogP) is 1.81.